The molecule has 2 aliphatic carbocycles. The molecule has 3 rings (SSSR count). The third kappa shape index (κ3) is 2.06. The molecule has 1 heterocycles. The Morgan fingerprint density at radius 2 is 2.35 bits per heavy atom. The van der Waals surface area contributed by atoms with Gasteiger partial charge in [0.2, 0.25) is 0 Å². The van der Waals surface area contributed by atoms with E-state index in [-0.39, 0.29) is 5.91 Å². The fourth-order valence-electron chi connectivity index (χ4n) is 3.43. The van der Waals surface area contributed by atoms with Gasteiger partial charge in [-0.25, -0.2) is 0 Å². The summed E-state index contributed by atoms with van der Waals surface area (Å²) < 4.78 is 0. The lowest BCUT2D eigenvalue weighted by Crippen LogP contribution is -2.31. The van der Waals surface area contributed by atoms with Crippen molar-refractivity contribution < 1.29 is 4.79 Å². The van der Waals surface area contributed by atoms with Crippen molar-refractivity contribution >= 4 is 22.9 Å². The van der Waals surface area contributed by atoms with Crippen molar-refractivity contribution in [3.8, 4) is 0 Å². The first-order valence-corrected chi connectivity index (χ1v) is 7.23. The molecule has 3 N–H and O–H groups in total. The summed E-state index contributed by atoms with van der Waals surface area (Å²) in [6.45, 7) is 0.831. The van der Waals surface area contributed by atoms with Gasteiger partial charge < -0.3 is 11.1 Å². The second-order valence-corrected chi connectivity index (χ2v) is 6.27. The van der Waals surface area contributed by atoms with Crippen LogP contribution in [-0.4, -0.2) is 12.5 Å². The average molecular weight is 250 g/mol. The Morgan fingerprint density at radius 1 is 1.47 bits per heavy atom. The largest absolute Gasteiger partial charge is 0.397 e. The van der Waals surface area contributed by atoms with E-state index in [1.54, 1.807) is 6.07 Å². The number of carbonyl (C=O) groups is 1. The normalized spacial score (nSPS) is 30.7. The molecular formula is C13H18N2OS. The predicted molar refractivity (Wildman–Crippen MR) is 70.0 cm³/mol. The molecular weight excluding hydrogens is 232 g/mol. The minimum absolute atomic E-state index is 0.000253. The molecule has 3 nitrogen and oxygen atoms in total. The highest BCUT2D eigenvalue weighted by Gasteiger charge is 2.39. The van der Waals surface area contributed by atoms with Crippen LogP contribution in [0, 0.1) is 17.8 Å². The van der Waals surface area contributed by atoms with Crippen LogP contribution < -0.4 is 11.1 Å². The van der Waals surface area contributed by atoms with E-state index in [0.717, 1.165) is 18.4 Å². The molecule has 0 aromatic carbocycles. The van der Waals surface area contributed by atoms with Crippen LogP contribution in [0.15, 0.2) is 11.4 Å². The molecule has 3 unspecified atom stereocenters. The van der Waals surface area contributed by atoms with Gasteiger partial charge >= 0.3 is 0 Å². The number of hydrogen-bond donors (Lipinski definition) is 2. The van der Waals surface area contributed by atoms with Crippen LogP contribution in [0.2, 0.25) is 0 Å². The highest BCUT2D eigenvalue weighted by molar-refractivity contribution is 7.12. The maximum atomic E-state index is 11.9. The molecule has 17 heavy (non-hydrogen) atoms. The molecule has 0 saturated heterocycles. The van der Waals surface area contributed by atoms with Crippen molar-refractivity contribution in [1.82, 2.24) is 5.32 Å². The number of nitrogens with two attached hydrogens (primary N) is 1. The highest BCUT2D eigenvalue weighted by Crippen LogP contribution is 2.47. The van der Waals surface area contributed by atoms with Gasteiger partial charge in [-0.1, -0.05) is 6.42 Å². The Kier molecular flexibility index (Phi) is 2.82. The van der Waals surface area contributed by atoms with Gasteiger partial charge in [0.25, 0.3) is 5.91 Å². The number of nitrogen functional groups attached to an aromatic ring is 1. The van der Waals surface area contributed by atoms with E-state index in [9.17, 15) is 4.79 Å². The predicted octanol–water partition coefficient (Wildman–Crippen LogP) is 2.50. The van der Waals surface area contributed by atoms with Crippen LogP contribution in [0.3, 0.4) is 0 Å². The van der Waals surface area contributed by atoms with Crippen LogP contribution in [0.1, 0.15) is 35.4 Å². The molecule has 2 aliphatic rings. The summed E-state index contributed by atoms with van der Waals surface area (Å²) in [5, 5.41) is 4.91. The van der Waals surface area contributed by atoms with Crippen LogP contribution in [-0.2, 0) is 0 Å². The maximum absolute atomic E-state index is 11.9. The lowest BCUT2D eigenvalue weighted by atomic mass is 9.89. The van der Waals surface area contributed by atoms with Crippen LogP contribution in [0.5, 0.6) is 0 Å². The zero-order valence-corrected chi connectivity index (χ0v) is 10.6. The molecule has 92 valence electrons. The van der Waals surface area contributed by atoms with Crippen molar-refractivity contribution in [1.29, 1.82) is 0 Å². The molecule has 1 aromatic heterocycles. The van der Waals surface area contributed by atoms with Gasteiger partial charge in [-0.2, -0.15) is 0 Å². The van der Waals surface area contributed by atoms with Crippen molar-refractivity contribution in [3.05, 3.63) is 16.3 Å². The smallest absolute Gasteiger partial charge is 0.263 e. The van der Waals surface area contributed by atoms with E-state index < -0.39 is 0 Å². The van der Waals surface area contributed by atoms with Gasteiger partial charge in [0.15, 0.2) is 0 Å². The van der Waals surface area contributed by atoms with Crippen molar-refractivity contribution in [2.75, 3.05) is 12.3 Å². The molecule has 0 spiro atoms. The van der Waals surface area contributed by atoms with Gasteiger partial charge in [-0.3, -0.25) is 4.79 Å². The number of amides is 1. The summed E-state index contributed by atoms with van der Waals surface area (Å²) in [6, 6.07) is 1.79. The molecule has 2 saturated carbocycles. The number of fused-ring (bicyclic) bond motifs is 2. The fourth-order valence-corrected chi connectivity index (χ4v) is 4.17. The molecule has 2 bridgehead atoms. The quantitative estimate of drug-likeness (QED) is 0.866. The van der Waals surface area contributed by atoms with Gasteiger partial charge in [0.05, 0.1) is 5.69 Å². The molecule has 0 aliphatic heterocycles. The van der Waals surface area contributed by atoms with E-state index in [1.807, 2.05) is 5.38 Å². The monoisotopic (exact) mass is 250 g/mol. The number of anilines is 1. The van der Waals surface area contributed by atoms with Crippen molar-refractivity contribution in [2.45, 2.75) is 25.7 Å². The molecule has 4 heteroatoms. The summed E-state index contributed by atoms with van der Waals surface area (Å²) in [7, 11) is 0. The number of nitrogens with one attached hydrogen (secondary N) is 1. The van der Waals surface area contributed by atoms with Gasteiger partial charge in [0, 0.05) is 6.54 Å². The lowest BCUT2D eigenvalue weighted by molar-refractivity contribution is 0.0946. The van der Waals surface area contributed by atoms with Crippen LogP contribution in [0.25, 0.3) is 0 Å². The summed E-state index contributed by atoms with van der Waals surface area (Å²) >= 11 is 1.42. The van der Waals surface area contributed by atoms with Crippen LogP contribution in [0.4, 0.5) is 5.69 Å². The van der Waals surface area contributed by atoms with E-state index in [4.69, 9.17) is 5.73 Å². The van der Waals surface area contributed by atoms with Gasteiger partial charge in [0.1, 0.15) is 4.88 Å². The molecule has 1 aromatic rings. The standard InChI is InChI=1S/C13H18N2OS/c14-11-3-4-17-12(11)13(16)15-7-10-6-8-1-2-9(10)5-8/h3-4,8-10H,1-2,5-7,14H2,(H,15,16). The van der Waals surface area contributed by atoms with Crippen molar-refractivity contribution in [2.24, 2.45) is 17.8 Å². The van der Waals surface area contributed by atoms with Gasteiger partial charge in [-0.15, -0.1) is 11.3 Å². The number of thiophene rings is 1. The second kappa shape index (κ2) is 4.33. The van der Waals surface area contributed by atoms with Crippen LogP contribution >= 0.6 is 11.3 Å². The molecule has 2 fully saturated rings. The second-order valence-electron chi connectivity index (χ2n) is 5.35. The zero-order chi connectivity index (χ0) is 11.8. The average Bonchev–Trinajstić information content (AvgIpc) is 3.01. The number of carbonyl (C=O) groups excluding carboxylic acids is 1. The third-order valence-corrected chi connectivity index (χ3v) is 5.24. The fraction of sp³-hybridized carbons (Fsp3) is 0.615. The Balaban J connectivity index is 1.55. The lowest BCUT2D eigenvalue weighted by Gasteiger charge is -2.21. The zero-order valence-electron chi connectivity index (χ0n) is 9.82. The summed E-state index contributed by atoms with van der Waals surface area (Å²) in [5.74, 6) is 2.51. The van der Waals surface area contributed by atoms with E-state index in [2.05, 4.69) is 5.32 Å². The third-order valence-electron chi connectivity index (χ3n) is 4.31. The topological polar surface area (TPSA) is 55.1 Å². The SMILES string of the molecule is Nc1ccsc1C(=O)NCC1CC2CCC1C2. The minimum atomic E-state index is 0.000253. The Labute approximate surface area is 105 Å². The summed E-state index contributed by atoms with van der Waals surface area (Å²) in [4.78, 5) is 12.6. The Bertz CT molecular complexity index is 429. The van der Waals surface area contributed by atoms with E-state index >= 15 is 0 Å². The van der Waals surface area contributed by atoms with E-state index in [0.29, 0.717) is 16.5 Å². The van der Waals surface area contributed by atoms with Crippen molar-refractivity contribution in [3.63, 3.8) is 0 Å². The number of rotatable bonds is 3. The number of hydrogen-bond acceptors (Lipinski definition) is 3. The molecule has 3 atom stereocenters. The summed E-state index contributed by atoms with van der Waals surface area (Å²) in [6.07, 6.45) is 5.48. The van der Waals surface area contributed by atoms with Gasteiger partial charge in [-0.05, 0) is 48.5 Å². The Hall–Kier alpha value is -1.03. The first-order valence-electron chi connectivity index (χ1n) is 6.35. The maximum Gasteiger partial charge on any atom is 0.263 e. The minimum Gasteiger partial charge on any atom is -0.397 e. The molecule has 0 radical (unpaired) electrons. The van der Waals surface area contributed by atoms with E-state index in [1.165, 1.54) is 37.0 Å². The summed E-state index contributed by atoms with van der Waals surface area (Å²) in [5.41, 5.74) is 6.33. The highest BCUT2D eigenvalue weighted by atomic mass is 32.1. The Morgan fingerprint density at radius 3 is 2.94 bits per heavy atom. The first kappa shape index (κ1) is 11.1. The first-order chi connectivity index (χ1) is 8.24. The molecule has 1 amide bonds.